The van der Waals surface area contributed by atoms with Gasteiger partial charge in [-0.3, -0.25) is 24.6 Å². The minimum Gasteiger partial charge on any atom is -0.445 e. The number of carbonyl (C=O) groups is 1. The molecule has 3 N–H and O–H groups in total. The molecule has 1 aliphatic rings. The maximum atomic E-state index is 12.0. The van der Waals surface area contributed by atoms with E-state index < -0.39 is 11.1 Å². The minimum absolute atomic E-state index is 0.0305. The number of thiophene rings is 1. The Morgan fingerprint density at radius 1 is 1.20 bits per heavy atom. The number of anilines is 2. The first-order chi connectivity index (χ1) is 9.49. The van der Waals surface area contributed by atoms with E-state index in [1.165, 1.54) is 16.2 Å². The third-order valence-electron chi connectivity index (χ3n) is 2.76. The number of carbonyl (C=O) groups excluding carboxylic acids is 1. The fourth-order valence-electron chi connectivity index (χ4n) is 1.78. The van der Waals surface area contributed by atoms with Crippen molar-refractivity contribution in [1.82, 2.24) is 15.1 Å². The number of hydrogen-bond acceptors (Lipinski definition) is 6. The minimum atomic E-state index is -0.577. The number of ether oxygens (including phenoxy) is 1. The number of aromatic amines is 2. The molecule has 0 atom stereocenters. The summed E-state index contributed by atoms with van der Waals surface area (Å²) >= 11 is 1.18. The number of nitrogens with one attached hydrogen (secondary N) is 3. The normalized spacial score (nSPS) is 11.9. The van der Waals surface area contributed by atoms with E-state index in [4.69, 9.17) is 4.74 Å². The summed E-state index contributed by atoms with van der Waals surface area (Å²) in [6.07, 6.45) is 0. The van der Waals surface area contributed by atoms with Gasteiger partial charge in [0.05, 0.1) is 5.69 Å². The molecule has 3 heterocycles. The van der Waals surface area contributed by atoms with Crippen LogP contribution in [0.15, 0.2) is 15.0 Å². The Morgan fingerprint density at radius 2 is 1.90 bits per heavy atom. The largest absolute Gasteiger partial charge is 0.445 e. The molecule has 1 amide bonds. The van der Waals surface area contributed by atoms with Crippen LogP contribution >= 0.6 is 11.3 Å². The molecular weight excluding hydrogens is 284 g/mol. The average Bonchev–Trinajstić information content (AvgIpc) is 2.83. The van der Waals surface area contributed by atoms with E-state index in [1.54, 1.807) is 19.5 Å². The average molecular weight is 294 g/mol. The molecule has 2 aromatic rings. The number of amides is 1. The van der Waals surface area contributed by atoms with Gasteiger partial charge in [-0.25, -0.2) is 0 Å². The van der Waals surface area contributed by atoms with Gasteiger partial charge < -0.3 is 15.0 Å². The number of hydrogen-bond donors (Lipinski definition) is 3. The molecule has 2 aromatic heterocycles. The van der Waals surface area contributed by atoms with Crippen LogP contribution in [0.2, 0.25) is 0 Å². The number of fused-ring (bicyclic) bond motifs is 2. The number of rotatable bonds is 1. The first-order valence-corrected chi connectivity index (χ1v) is 6.50. The zero-order valence-corrected chi connectivity index (χ0v) is 11.4. The van der Waals surface area contributed by atoms with Crippen molar-refractivity contribution in [3.8, 4) is 11.5 Å². The summed E-state index contributed by atoms with van der Waals surface area (Å²) in [5, 5.41) is 8.85. The van der Waals surface area contributed by atoms with Gasteiger partial charge in [0.15, 0.2) is 11.4 Å². The quantitative estimate of drug-likeness (QED) is 0.611. The van der Waals surface area contributed by atoms with Crippen LogP contribution in [0.4, 0.5) is 11.4 Å². The van der Waals surface area contributed by atoms with Crippen molar-refractivity contribution in [3.05, 3.63) is 31.0 Å². The second kappa shape index (κ2) is 4.23. The lowest BCUT2D eigenvalue weighted by Crippen LogP contribution is -2.26. The van der Waals surface area contributed by atoms with Crippen molar-refractivity contribution in [2.75, 3.05) is 19.4 Å². The summed E-state index contributed by atoms with van der Waals surface area (Å²) in [7, 11) is 3.24. The highest BCUT2D eigenvalue weighted by Gasteiger charge is 2.29. The first kappa shape index (κ1) is 12.5. The van der Waals surface area contributed by atoms with Crippen molar-refractivity contribution in [1.29, 1.82) is 0 Å². The molecule has 0 spiro atoms. The standard InChI is InChI=1S/C11H10N4O4S/c1-15(2)11(18)8-6-4(3-20-8)12-5-7(19-6)10(17)14-13-9(5)16/h3,12H,1-2H3,(H,13,16)(H,14,17). The van der Waals surface area contributed by atoms with Crippen molar-refractivity contribution in [3.63, 3.8) is 0 Å². The van der Waals surface area contributed by atoms with Gasteiger partial charge in [0, 0.05) is 19.5 Å². The van der Waals surface area contributed by atoms with Gasteiger partial charge >= 0.3 is 5.56 Å². The summed E-state index contributed by atoms with van der Waals surface area (Å²) in [6.45, 7) is 0. The van der Waals surface area contributed by atoms with Crippen LogP contribution in [0.25, 0.3) is 0 Å². The Kier molecular flexibility index (Phi) is 2.64. The zero-order valence-electron chi connectivity index (χ0n) is 10.6. The number of aromatic nitrogens is 2. The molecule has 0 aliphatic carbocycles. The molecule has 0 aromatic carbocycles. The third-order valence-corrected chi connectivity index (χ3v) is 3.71. The predicted molar refractivity (Wildman–Crippen MR) is 73.4 cm³/mol. The van der Waals surface area contributed by atoms with Crippen LogP contribution in [0.5, 0.6) is 11.5 Å². The van der Waals surface area contributed by atoms with Gasteiger partial charge in [-0.05, 0) is 0 Å². The van der Waals surface area contributed by atoms with Crippen LogP contribution in [0.3, 0.4) is 0 Å². The Balaban J connectivity index is 2.14. The maximum Gasteiger partial charge on any atom is 0.307 e. The summed E-state index contributed by atoms with van der Waals surface area (Å²) in [5.41, 5.74) is -0.559. The molecule has 1 aliphatic heterocycles. The van der Waals surface area contributed by atoms with E-state index in [1.807, 2.05) is 0 Å². The van der Waals surface area contributed by atoms with E-state index in [9.17, 15) is 14.4 Å². The van der Waals surface area contributed by atoms with E-state index in [-0.39, 0.29) is 23.1 Å². The van der Waals surface area contributed by atoms with E-state index in [0.29, 0.717) is 10.6 Å². The van der Waals surface area contributed by atoms with Crippen LogP contribution < -0.4 is 21.2 Å². The maximum absolute atomic E-state index is 12.0. The molecular formula is C11H10N4O4S. The van der Waals surface area contributed by atoms with Crippen LogP contribution in [0.1, 0.15) is 9.67 Å². The SMILES string of the molecule is CN(C)C(=O)c1scc2c1Oc1c(c(=O)[nH][nH]c1=O)N2. The van der Waals surface area contributed by atoms with Crippen LogP contribution in [-0.4, -0.2) is 35.1 Å². The van der Waals surface area contributed by atoms with Gasteiger partial charge in [0.2, 0.25) is 5.75 Å². The monoisotopic (exact) mass is 294 g/mol. The van der Waals surface area contributed by atoms with Gasteiger partial charge in [-0.2, -0.15) is 0 Å². The summed E-state index contributed by atoms with van der Waals surface area (Å²) in [4.78, 5) is 37.1. The predicted octanol–water partition coefficient (Wildman–Crippen LogP) is 0.676. The summed E-state index contributed by atoms with van der Waals surface area (Å²) in [5.74, 6) is -0.118. The second-order valence-electron chi connectivity index (χ2n) is 4.35. The van der Waals surface area contributed by atoms with Gasteiger partial charge in [0.1, 0.15) is 4.88 Å². The molecule has 9 heteroatoms. The van der Waals surface area contributed by atoms with E-state index in [2.05, 4.69) is 15.5 Å². The lowest BCUT2D eigenvalue weighted by atomic mass is 10.3. The molecule has 3 rings (SSSR count). The Bertz CT molecular complexity index is 817. The molecule has 0 bridgehead atoms. The lowest BCUT2D eigenvalue weighted by Gasteiger charge is -2.18. The molecule has 104 valence electrons. The van der Waals surface area contributed by atoms with Gasteiger partial charge in [-0.15, -0.1) is 11.3 Å². The number of nitrogens with zero attached hydrogens (tertiary/aromatic N) is 1. The fraction of sp³-hybridized carbons (Fsp3) is 0.182. The molecule has 0 fully saturated rings. The third kappa shape index (κ3) is 1.71. The Labute approximate surface area is 116 Å². The van der Waals surface area contributed by atoms with Crippen molar-refractivity contribution >= 4 is 28.6 Å². The van der Waals surface area contributed by atoms with Crippen molar-refractivity contribution < 1.29 is 9.53 Å². The van der Waals surface area contributed by atoms with Crippen molar-refractivity contribution in [2.24, 2.45) is 0 Å². The van der Waals surface area contributed by atoms with Gasteiger partial charge in [0.25, 0.3) is 11.5 Å². The highest BCUT2D eigenvalue weighted by atomic mass is 32.1. The lowest BCUT2D eigenvalue weighted by molar-refractivity contribution is 0.0830. The van der Waals surface area contributed by atoms with E-state index >= 15 is 0 Å². The topological polar surface area (TPSA) is 107 Å². The Hall–Kier alpha value is -2.55. The first-order valence-electron chi connectivity index (χ1n) is 5.62. The summed E-state index contributed by atoms with van der Waals surface area (Å²) < 4.78 is 5.47. The van der Waals surface area contributed by atoms with Crippen molar-refractivity contribution in [2.45, 2.75) is 0 Å². The zero-order chi connectivity index (χ0) is 14.4. The van der Waals surface area contributed by atoms with Gasteiger partial charge in [-0.1, -0.05) is 0 Å². The number of H-pyrrole nitrogens is 2. The molecule has 0 unspecified atom stereocenters. The van der Waals surface area contributed by atoms with Crippen LogP contribution in [-0.2, 0) is 0 Å². The van der Waals surface area contributed by atoms with Crippen LogP contribution in [0, 0.1) is 0 Å². The Morgan fingerprint density at radius 3 is 2.60 bits per heavy atom. The molecule has 0 saturated carbocycles. The highest BCUT2D eigenvalue weighted by molar-refractivity contribution is 7.13. The second-order valence-corrected chi connectivity index (χ2v) is 5.23. The van der Waals surface area contributed by atoms with E-state index in [0.717, 1.165) is 0 Å². The summed E-state index contributed by atoms with van der Waals surface area (Å²) in [6, 6.07) is 0. The molecule has 20 heavy (non-hydrogen) atoms. The fourth-order valence-corrected chi connectivity index (χ4v) is 2.73. The smallest absolute Gasteiger partial charge is 0.307 e. The molecule has 8 nitrogen and oxygen atoms in total. The molecule has 0 saturated heterocycles. The molecule has 0 radical (unpaired) electrons. The highest BCUT2D eigenvalue weighted by Crippen LogP contribution is 2.44.